The van der Waals surface area contributed by atoms with Crippen LogP contribution in [0.4, 0.5) is 4.79 Å². The topological polar surface area (TPSA) is 87.7 Å². The first kappa shape index (κ1) is 13.7. The van der Waals surface area contributed by atoms with Gasteiger partial charge < -0.3 is 20.5 Å². The number of carboxylic acid groups (broad SMARTS) is 1. The van der Waals surface area contributed by atoms with Crippen molar-refractivity contribution in [3.05, 3.63) is 0 Å². The van der Waals surface area contributed by atoms with Gasteiger partial charge in [-0.1, -0.05) is 6.42 Å². The molecule has 3 rings (SSSR count). The van der Waals surface area contributed by atoms with Crippen LogP contribution < -0.4 is 10.6 Å². The molecule has 2 aliphatic carbocycles. The van der Waals surface area contributed by atoms with E-state index in [4.69, 9.17) is 4.74 Å². The van der Waals surface area contributed by atoms with Crippen molar-refractivity contribution in [1.82, 2.24) is 10.6 Å². The van der Waals surface area contributed by atoms with Crippen molar-refractivity contribution in [3.63, 3.8) is 0 Å². The average Bonchev–Trinajstić information content (AvgIpc) is 3.01. The van der Waals surface area contributed by atoms with Gasteiger partial charge in [0.05, 0.1) is 0 Å². The summed E-state index contributed by atoms with van der Waals surface area (Å²) >= 11 is 0. The van der Waals surface area contributed by atoms with Crippen LogP contribution in [0.1, 0.15) is 38.5 Å². The van der Waals surface area contributed by atoms with Crippen LogP contribution in [0.25, 0.3) is 0 Å². The van der Waals surface area contributed by atoms with Crippen LogP contribution in [0.3, 0.4) is 0 Å². The fraction of sp³-hybridized carbons (Fsp3) is 0.857. The Morgan fingerprint density at radius 3 is 2.45 bits per heavy atom. The third-order valence-corrected chi connectivity index (χ3v) is 5.16. The molecule has 3 fully saturated rings. The Morgan fingerprint density at radius 1 is 1.15 bits per heavy atom. The van der Waals surface area contributed by atoms with Crippen LogP contribution in [0.2, 0.25) is 0 Å². The van der Waals surface area contributed by atoms with Gasteiger partial charge in [0.1, 0.15) is 5.54 Å². The number of carbonyl (C=O) groups is 2. The SMILES string of the molecule is O=C(NC1CC2CCC1C2)NC1(C(=O)O)CCOCC1. The van der Waals surface area contributed by atoms with Crippen molar-refractivity contribution in [3.8, 4) is 0 Å². The minimum absolute atomic E-state index is 0.222. The quantitative estimate of drug-likeness (QED) is 0.723. The molecule has 112 valence electrons. The first-order chi connectivity index (χ1) is 9.59. The predicted molar refractivity (Wildman–Crippen MR) is 71.3 cm³/mol. The van der Waals surface area contributed by atoms with Crippen molar-refractivity contribution in [2.45, 2.75) is 50.1 Å². The Bertz CT molecular complexity index is 406. The lowest BCUT2D eigenvalue weighted by molar-refractivity contribution is -0.148. The van der Waals surface area contributed by atoms with Crippen molar-refractivity contribution >= 4 is 12.0 Å². The highest BCUT2D eigenvalue weighted by Gasteiger charge is 2.44. The lowest BCUT2D eigenvalue weighted by Gasteiger charge is -2.34. The van der Waals surface area contributed by atoms with E-state index in [1.54, 1.807) is 0 Å². The smallest absolute Gasteiger partial charge is 0.329 e. The molecule has 1 saturated heterocycles. The molecule has 0 aromatic rings. The summed E-state index contributed by atoms with van der Waals surface area (Å²) in [5.74, 6) is 0.368. The maximum Gasteiger partial charge on any atom is 0.329 e. The first-order valence-corrected chi connectivity index (χ1v) is 7.49. The number of aliphatic carboxylic acids is 1. The summed E-state index contributed by atoms with van der Waals surface area (Å²) in [5, 5.41) is 15.1. The summed E-state index contributed by atoms with van der Waals surface area (Å²) in [6.07, 6.45) is 5.37. The molecular weight excluding hydrogens is 260 g/mol. The van der Waals surface area contributed by atoms with Gasteiger partial charge in [0.15, 0.2) is 0 Å². The van der Waals surface area contributed by atoms with Gasteiger partial charge in [-0.15, -0.1) is 0 Å². The van der Waals surface area contributed by atoms with E-state index in [0.29, 0.717) is 32.0 Å². The maximum atomic E-state index is 12.1. The van der Waals surface area contributed by atoms with Crippen LogP contribution in [0, 0.1) is 11.8 Å². The maximum absolute atomic E-state index is 12.1. The van der Waals surface area contributed by atoms with Gasteiger partial charge in [0.2, 0.25) is 0 Å². The largest absolute Gasteiger partial charge is 0.480 e. The van der Waals surface area contributed by atoms with E-state index in [0.717, 1.165) is 12.3 Å². The lowest BCUT2D eigenvalue weighted by atomic mass is 9.90. The molecule has 6 nitrogen and oxygen atoms in total. The number of carbonyl (C=O) groups excluding carboxylic acids is 1. The summed E-state index contributed by atoms with van der Waals surface area (Å²) < 4.78 is 5.20. The summed E-state index contributed by atoms with van der Waals surface area (Å²) in [6.45, 7) is 0.751. The van der Waals surface area contributed by atoms with Crippen molar-refractivity contribution in [2.75, 3.05) is 13.2 Å². The van der Waals surface area contributed by atoms with Crippen LogP contribution >= 0.6 is 0 Å². The highest BCUT2D eigenvalue weighted by molar-refractivity contribution is 5.86. The number of amides is 2. The Balaban J connectivity index is 1.58. The molecular formula is C14H22N2O4. The second-order valence-corrected chi connectivity index (χ2v) is 6.38. The van der Waals surface area contributed by atoms with Crippen molar-refractivity contribution in [1.29, 1.82) is 0 Å². The Labute approximate surface area is 118 Å². The van der Waals surface area contributed by atoms with E-state index in [1.165, 1.54) is 19.3 Å². The van der Waals surface area contributed by atoms with Crippen LogP contribution in [-0.2, 0) is 9.53 Å². The highest BCUT2D eigenvalue weighted by atomic mass is 16.5. The lowest BCUT2D eigenvalue weighted by Crippen LogP contribution is -2.60. The molecule has 1 aliphatic heterocycles. The minimum Gasteiger partial charge on any atom is -0.480 e. The first-order valence-electron chi connectivity index (χ1n) is 7.49. The van der Waals surface area contributed by atoms with Gasteiger partial charge in [-0.3, -0.25) is 0 Å². The summed E-state index contributed by atoms with van der Waals surface area (Å²) in [4.78, 5) is 23.6. The fourth-order valence-electron chi connectivity index (χ4n) is 3.96. The van der Waals surface area contributed by atoms with E-state index >= 15 is 0 Å². The Morgan fingerprint density at radius 2 is 1.90 bits per heavy atom. The van der Waals surface area contributed by atoms with E-state index in [-0.39, 0.29) is 12.1 Å². The number of carboxylic acids is 1. The molecule has 0 aromatic heterocycles. The molecule has 3 atom stereocenters. The molecule has 2 amide bonds. The number of hydrogen-bond donors (Lipinski definition) is 3. The number of ether oxygens (including phenoxy) is 1. The zero-order chi connectivity index (χ0) is 14.2. The average molecular weight is 282 g/mol. The van der Waals surface area contributed by atoms with Crippen LogP contribution in [0.15, 0.2) is 0 Å². The molecule has 3 N–H and O–H groups in total. The molecule has 3 unspecified atom stereocenters. The molecule has 0 spiro atoms. The molecule has 20 heavy (non-hydrogen) atoms. The van der Waals surface area contributed by atoms with Gasteiger partial charge >= 0.3 is 12.0 Å². The van der Waals surface area contributed by atoms with Gasteiger partial charge in [-0.2, -0.15) is 0 Å². The van der Waals surface area contributed by atoms with Crippen LogP contribution in [0.5, 0.6) is 0 Å². The normalized spacial score (nSPS) is 34.7. The molecule has 1 heterocycles. The Kier molecular flexibility index (Phi) is 3.58. The number of rotatable bonds is 3. The molecule has 2 saturated carbocycles. The number of hydrogen-bond acceptors (Lipinski definition) is 3. The molecule has 2 bridgehead atoms. The standard InChI is InChI=1S/C14H22N2O4/c17-12(18)14(3-5-20-6-4-14)16-13(19)15-11-8-9-1-2-10(11)7-9/h9-11H,1-8H2,(H,17,18)(H2,15,16,19). The van der Waals surface area contributed by atoms with E-state index < -0.39 is 11.5 Å². The van der Waals surface area contributed by atoms with Gasteiger partial charge in [-0.05, 0) is 31.1 Å². The summed E-state index contributed by atoms with van der Waals surface area (Å²) in [6, 6.07) is -0.119. The monoisotopic (exact) mass is 282 g/mol. The molecule has 3 aliphatic rings. The van der Waals surface area contributed by atoms with E-state index in [9.17, 15) is 14.7 Å². The number of urea groups is 1. The molecule has 6 heteroatoms. The van der Waals surface area contributed by atoms with E-state index in [2.05, 4.69) is 10.6 Å². The minimum atomic E-state index is -1.17. The van der Waals surface area contributed by atoms with Gasteiger partial charge in [0, 0.05) is 32.1 Å². The van der Waals surface area contributed by atoms with Gasteiger partial charge in [-0.25, -0.2) is 9.59 Å². The predicted octanol–water partition coefficient (Wildman–Crippen LogP) is 1.11. The number of fused-ring (bicyclic) bond motifs is 2. The number of nitrogens with one attached hydrogen (secondary N) is 2. The zero-order valence-electron chi connectivity index (χ0n) is 11.6. The van der Waals surface area contributed by atoms with Gasteiger partial charge in [0.25, 0.3) is 0 Å². The summed E-state index contributed by atoms with van der Waals surface area (Å²) in [7, 11) is 0. The summed E-state index contributed by atoms with van der Waals surface area (Å²) in [5.41, 5.74) is -1.17. The van der Waals surface area contributed by atoms with E-state index in [1.807, 2.05) is 0 Å². The second-order valence-electron chi connectivity index (χ2n) is 6.38. The van der Waals surface area contributed by atoms with Crippen LogP contribution in [-0.4, -0.2) is 41.9 Å². The highest BCUT2D eigenvalue weighted by Crippen LogP contribution is 2.44. The Hall–Kier alpha value is -1.30. The third-order valence-electron chi connectivity index (χ3n) is 5.16. The van der Waals surface area contributed by atoms with Crippen molar-refractivity contribution < 1.29 is 19.4 Å². The zero-order valence-corrected chi connectivity index (χ0v) is 11.6. The second kappa shape index (κ2) is 5.24. The third kappa shape index (κ3) is 2.49. The molecule has 0 radical (unpaired) electrons. The fourth-order valence-corrected chi connectivity index (χ4v) is 3.96. The van der Waals surface area contributed by atoms with Crippen molar-refractivity contribution in [2.24, 2.45) is 11.8 Å². The molecule has 0 aromatic carbocycles.